The number of carbonyl (C=O) groups is 1. The van der Waals surface area contributed by atoms with E-state index in [0.717, 1.165) is 10.6 Å². The first-order chi connectivity index (χ1) is 10.2. The topological polar surface area (TPSA) is 88.0 Å². The number of carbonyl (C=O) groups excluding carboxylic acids is 1. The number of thiazole rings is 1. The number of hydrogen-bond donors (Lipinski definition) is 0. The van der Waals surface area contributed by atoms with E-state index in [1.165, 1.54) is 17.4 Å². The molecular formula is C14H12N4O2S. The molecule has 0 unspecified atom stereocenters. The fraction of sp³-hybridized carbons (Fsp3) is 0.143. The predicted octanol–water partition coefficient (Wildman–Crippen LogP) is 4.02. The monoisotopic (exact) mass is 300 g/mol. The molecule has 0 aliphatic heterocycles. The van der Waals surface area contributed by atoms with Crippen molar-refractivity contribution >= 4 is 23.4 Å². The molecule has 0 bridgehead atoms. The van der Waals surface area contributed by atoms with Crippen molar-refractivity contribution in [2.24, 2.45) is 5.11 Å². The standard InChI is InChI=1S/C14H12N4O2S/c1-2-20-14(19)12(17-18-15)8-11-9-21-13(16-11)10-6-4-3-5-7-10/h3-9H,2H2,1H3/b12-8+. The highest BCUT2D eigenvalue weighted by Crippen LogP contribution is 2.24. The van der Waals surface area contributed by atoms with Crippen molar-refractivity contribution in [1.82, 2.24) is 4.98 Å². The Kier molecular flexibility index (Phi) is 5.09. The van der Waals surface area contributed by atoms with E-state index in [9.17, 15) is 4.79 Å². The molecule has 0 fully saturated rings. The highest BCUT2D eigenvalue weighted by atomic mass is 32.1. The molecule has 0 N–H and O–H groups in total. The Morgan fingerprint density at radius 2 is 2.24 bits per heavy atom. The number of hydrogen-bond acceptors (Lipinski definition) is 5. The summed E-state index contributed by atoms with van der Waals surface area (Å²) in [6, 6.07) is 9.68. The summed E-state index contributed by atoms with van der Waals surface area (Å²) in [7, 11) is 0. The molecule has 0 spiro atoms. The summed E-state index contributed by atoms with van der Waals surface area (Å²) in [6.07, 6.45) is 1.42. The summed E-state index contributed by atoms with van der Waals surface area (Å²) in [5.41, 5.74) is 9.94. The van der Waals surface area contributed by atoms with Crippen LogP contribution in [0, 0.1) is 0 Å². The minimum absolute atomic E-state index is 0.107. The lowest BCUT2D eigenvalue weighted by Crippen LogP contribution is -2.05. The molecule has 6 nitrogen and oxygen atoms in total. The van der Waals surface area contributed by atoms with Crippen molar-refractivity contribution in [3.8, 4) is 10.6 Å². The van der Waals surface area contributed by atoms with Crippen molar-refractivity contribution < 1.29 is 9.53 Å². The van der Waals surface area contributed by atoms with Crippen LogP contribution in [0.4, 0.5) is 0 Å². The van der Waals surface area contributed by atoms with E-state index in [4.69, 9.17) is 10.3 Å². The zero-order chi connectivity index (χ0) is 15.1. The van der Waals surface area contributed by atoms with Crippen molar-refractivity contribution in [1.29, 1.82) is 0 Å². The lowest BCUT2D eigenvalue weighted by Gasteiger charge is -1.99. The number of aromatic nitrogens is 1. The maximum absolute atomic E-state index is 11.6. The Morgan fingerprint density at radius 3 is 2.90 bits per heavy atom. The second-order valence-corrected chi connectivity index (χ2v) is 4.74. The average Bonchev–Trinajstić information content (AvgIpc) is 2.96. The molecule has 1 heterocycles. The van der Waals surface area contributed by atoms with Gasteiger partial charge in [-0.05, 0) is 18.5 Å². The first kappa shape index (κ1) is 14.8. The molecule has 1 aromatic heterocycles. The zero-order valence-corrected chi connectivity index (χ0v) is 12.1. The van der Waals surface area contributed by atoms with Crippen molar-refractivity contribution in [3.63, 3.8) is 0 Å². The lowest BCUT2D eigenvalue weighted by atomic mass is 10.2. The Morgan fingerprint density at radius 1 is 1.48 bits per heavy atom. The summed E-state index contributed by atoms with van der Waals surface area (Å²) in [5.74, 6) is -0.662. The molecule has 0 aliphatic carbocycles. The molecular weight excluding hydrogens is 288 g/mol. The molecule has 0 saturated carbocycles. The quantitative estimate of drug-likeness (QED) is 0.274. The van der Waals surface area contributed by atoms with E-state index in [1.807, 2.05) is 30.3 Å². The molecule has 2 rings (SSSR count). The van der Waals surface area contributed by atoms with Crippen LogP contribution in [0.3, 0.4) is 0 Å². The Labute approximate surface area is 125 Å². The van der Waals surface area contributed by atoms with Crippen LogP contribution in [0.25, 0.3) is 27.1 Å². The second-order valence-electron chi connectivity index (χ2n) is 3.88. The first-order valence-corrected chi connectivity index (χ1v) is 7.07. The molecule has 106 valence electrons. The van der Waals surface area contributed by atoms with Gasteiger partial charge in [-0.25, -0.2) is 9.78 Å². The van der Waals surface area contributed by atoms with Crippen LogP contribution in [0.5, 0.6) is 0 Å². The molecule has 0 saturated heterocycles. The van der Waals surface area contributed by atoms with Gasteiger partial charge in [-0.2, -0.15) is 0 Å². The van der Waals surface area contributed by atoms with Gasteiger partial charge in [0, 0.05) is 15.9 Å². The van der Waals surface area contributed by atoms with Crippen LogP contribution in [0.2, 0.25) is 0 Å². The van der Waals surface area contributed by atoms with Gasteiger partial charge in [-0.3, -0.25) is 0 Å². The van der Waals surface area contributed by atoms with Gasteiger partial charge in [0.15, 0.2) is 0 Å². The number of ether oxygens (including phenoxy) is 1. The SMILES string of the molecule is CCOC(=O)/C(=C\c1csc(-c2ccccc2)n1)N=[N+]=[N-]. The summed E-state index contributed by atoms with van der Waals surface area (Å²) in [5, 5.41) is 5.96. The van der Waals surface area contributed by atoms with E-state index < -0.39 is 5.97 Å². The fourth-order valence-corrected chi connectivity index (χ4v) is 2.37. The van der Waals surface area contributed by atoms with Gasteiger partial charge in [-0.1, -0.05) is 35.4 Å². The third kappa shape index (κ3) is 3.92. The second kappa shape index (κ2) is 7.23. The summed E-state index contributed by atoms with van der Waals surface area (Å²) >= 11 is 1.45. The molecule has 0 amide bonds. The third-order valence-electron chi connectivity index (χ3n) is 2.46. The summed E-state index contributed by atoms with van der Waals surface area (Å²) in [6.45, 7) is 1.89. The van der Waals surface area contributed by atoms with Crippen LogP contribution in [-0.2, 0) is 9.53 Å². The Hall–Kier alpha value is -2.63. The first-order valence-electron chi connectivity index (χ1n) is 6.19. The molecule has 21 heavy (non-hydrogen) atoms. The average molecular weight is 300 g/mol. The van der Waals surface area contributed by atoms with E-state index >= 15 is 0 Å². The van der Waals surface area contributed by atoms with Crippen molar-refractivity contribution in [3.05, 3.63) is 57.5 Å². The van der Waals surface area contributed by atoms with Gasteiger partial charge in [-0.15, -0.1) is 11.3 Å². The van der Waals surface area contributed by atoms with Gasteiger partial charge in [0.2, 0.25) is 0 Å². The lowest BCUT2D eigenvalue weighted by molar-refractivity contribution is -0.138. The van der Waals surface area contributed by atoms with Gasteiger partial charge in [0.05, 0.1) is 12.3 Å². The molecule has 0 aliphatic rings. The molecule has 1 aromatic carbocycles. The highest BCUT2D eigenvalue weighted by Gasteiger charge is 2.10. The zero-order valence-electron chi connectivity index (χ0n) is 11.3. The maximum atomic E-state index is 11.6. The van der Waals surface area contributed by atoms with Crippen LogP contribution in [0.1, 0.15) is 12.6 Å². The number of esters is 1. The number of azide groups is 1. The van der Waals surface area contributed by atoms with Crippen molar-refractivity contribution in [2.75, 3.05) is 6.61 Å². The number of benzene rings is 1. The predicted molar refractivity (Wildman–Crippen MR) is 81.3 cm³/mol. The molecule has 2 aromatic rings. The van der Waals surface area contributed by atoms with Crippen LogP contribution < -0.4 is 0 Å². The van der Waals surface area contributed by atoms with E-state index in [0.29, 0.717) is 5.69 Å². The van der Waals surface area contributed by atoms with Crippen LogP contribution in [-0.4, -0.2) is 17.6 Å². The molecule has 0 atom stereocenters. The normalized spacial score (nSPS) is 10.8. The van der Waals surface area contributed by atoms with Gasteiger partial charge in [0.1, 0.15) is 10.7 Å². The largest absolute Gasteiger partial charge is 0.462 e. The summed E-state index contributed by atoms with van der Waals surface area (Å²) in [4.78, 5) is 18.7. The van der Waals surface area contributed by atoms with E-state index in [-0.39, 0.29) is 12.3 Å². The fourth-order valence-electron chi connectivity index (χ4n) is 1.59. The molecule has 7 heteroatoms. The number of nitrogens with zero attached hydrogens (tertiary/aromatic N) is 4. The smallest absolute Gasteiger partial charge is 0.340 e. The molecule has 0 radical (unpaired) electrons. The van der Waals surface area contributed by atoms with Crippen LogP contribution in [0.15, 0.2) is 46.5 Å². The Bertz CT molecular complexity index is 703. The maximum Gasteiger partial charge on any atom is 0.340 e. The number of rotatable bonds is 5. The van der Waals surface area contributed by atoms with Gasteiger partial charge < -0.3 is 4.74 Å². The van der Waals surface area contributed by atoms with Gasteiger partial charge in [0.25, 0.3) is 0 Å². The highest BCUT2D eigenvalue weighted by molar-refractivity contribution is 7.13. The minimum Gasteiger partial charge on any atom is -0.462 e. The summed E-state index contributed by atoms with van der Waals surface area (Å²) < 4.78 is 4.82. The van der Waals surface area contributed by atoms with Gasteiger partial charge >= 0.3 is 5.97 Å². The third-order valence-corrected chi connectivity index (χ3v) is 3.37. The minimum atomic E-state index is -0.662. The van der Waals surface area contributed by atoms with E-state index in [1.54, 1.807) is 12.3 Å². The van der Waals surface area contributed by atoms with Crippen molar-refractivity contribution in [2.45, 2.75) is 6.92 Å². The Balaban J connectivity index is 2.29. The van der Waals surface area contributed by atoms with Crippen LogP contribution >= 0.6 is 11.3 Å². The van der Waals surface area contributed by atoms with E-state index in [2.05, 4.69) is 15.0 Å².